The lowest BCUT2D eigenvalue weighted by molar-refractivity contribution is -0.130. The Kier molecular flexibility index (Phi) is 4.77. The molecular weight excluding hydrogens is 400 g/mol. The number of nitrogens with one attached hydrogen (secondary N) is 1. The number of hydrogen-bond acceptors (Lipinski definition) is 6. The fraction of sp³-hybridized carbons (Fsp3) is 0.227. The summed E-state index contributed by atoms with van der Waals surface area (Å²) in [6, 6.07) is 10.6. The molecule has 0 spiro atoms. The molecule has 0 unspecified atom stereocenters. The predicted molar refractivity (Wildman–Crippen MR) is 120 cm³/mol. The van der Waals surface area contributed by atoms with E-state index in [0.29, 0.717) is 12.4 Å². The van der Waals surface area contributed by atoms with Crippen LogP contribution in [0.25, 0.3) is 21.3 Å². The van der Waals surface area contributed by atoms with Crippen molar-refractivity contribution in [2.45, 2.75) is 19.9 Å². The molecule has 0 fully saturated rings. The molecule has 0 bridgehead atoms. The predicted octanol–water partition coefficient (Wildman–Crippen LogP) is 4.73. The highest BCUT2D eigenvalue weighted by Gasteiger charge is 2.22. The first kappa shape index (κ1) is 18.3. The molecule has 1 aromatic carbocycles. The zero-order valence-corrected chi connectivity index (χ0v) is 17.6. The van der Waals surface area contributed by atoms with Crippen LogP contribution in [0.1, 0.15) is 16.0 Å². The van der Waals surface area contributed by atoms with Gasteiger partial charge in [-0.1, -0.05) is 29.8 Å². The summed E-state index contributed by atoms with van der Waals surface area (Å²) >= 11 is 3.38. The minimum Gasteiger partial charge on any atom is -0.360 e. The molecule has 29 heavy (non-hydrogen) atoms. The lowest BCUT2D eigenvalue weighted by Gasteiger charge is -2.27. The summed E-state index contributed by atoms with van der Waals surface area (Å²) in [5.74, 6) is 0.814. The average Bonchev–Trinajstić information content (AvgIpc) is 3.39. The number of rotatable bonds is 4. The van der Waals surface area contributed by atoms with Crippen molar-refractivity contribution in [2.75, 3.05) is 18.4 Å². The second-order valence-electron chi connectivity index (χ2n) is 7.21. The van der Waals surface area contributed by atoms with Gasteiger partial charge in [0.05, 0.1) is 11.9 Å². The van der Waals surface area contributed by atoms with Gasteiger partial charge >= 0.3 is 0 Å². The average molecular weight is 421 g/mol. The Morgan fingerprint density at radius 1 is 1.17 bits per heavy atom. The Bertz CT molecular complexity index is 1180. The summed E-state index contributed by atoms with van der Waals surface area (Å²) < 4.78 is 0. The number of benzene rings is 1. The summed E-state index contributed by atoms with van der Waals surface area (Å²) in [5.41, 5.74) is 4.73. The fourth-order valence-corrected chi connectivity index (χ4v) is 5.49. The Hall–Kier alpha value is -2.77. The van der Waals surface area contributed by atoms with E-state index in [1.807, 2.05) is 4.90 Å². The maximum atomic E-state index is 12.8. The number of carbonyl (C=O) groups excluding carboxylic acids is 1. The third-order valence-electron chi connectivity index (χ3n) is 5.30. The highest BCUT2D eigenvalue weighted by atomic mass is 32.1. The van der Waals surface area contributed by atoms with Gasteiger partial charge in [-0.25, -0.2) is 9.97 Å². The third-order valence-corrected chi connectivity index (χ3v) is 7.21. The van der Waals surface area contributed by atoms with Crippen molar-refractivity contribution in [3.8, 4) is 11.1 Å². The maximum absolute atomic E-state index is 12.8. The van der Waals surface area contributed by atoms with Crippen LogP contribution in [0.5, 0.6) is 0 Å². The van der Waals surface area contributed by atoms with Crippen LogP contribution in [0.2, 0.25) is 0 Å². The molecule has 146 valence electrons. The van der Waals surface area contributed by atoms with Crippen LogP contribution in [0.15, 0.2) is 47.4 Å². The van der Waals surface area contributed by atoms with Crippen molar-refractivity contribution in [3.63, 3.8) is 0 Å². The lowest BCUT2D eigenvalue weighted by Crippen LogP contribution is -2.38. The third kappa shape index (κ3) is 3.52. The molecule has 5 nitrogen and oxygen atoms in total. The molecule has 0 saturated carbocycles. The molecule has 3 aromatic heterocycles. The minimum atomic E-state index is 0.0979. The zero-order chi connectivity index (χ0) is 19.8. The van der Waals surface area contributed by atoms with Gasteiger partial charge in [-0.15, -0.1) is 22.7 Å². The van der Waals surface area contributed by atoms with Crippen molar-refractivity contribution in [1.82, 2.24) is 14.9 Å². The second kappa shape index (κ2) is 7.57. The summed E-state index contributed by atoms with van der Waals surface area (Å²) in [7, 11) is 0. The van der Waals surface area contributed by atoms with E-state index in [2.05, 4.69) is 63.3 Å². The molecule has 0 saturated heterocycles. The number of carbonyl (C=O) groups is 1. The van der Waals surface area contributed by atoms with Crippen LogP contribution in [-0.2, 0) is 17.8 Å². The zero-order valence-electron chi connectivity index (χ0n) is 16.0. The quantitative estimate of drug-likeness (QED) is 0.519. The molecule has 0 radical (unpaired) electrons. The minimum absolute atomic E-state index is 0.0979. The molecule has 1 N–H and O–H groups in total. The van der Waals surface area contributed by atoms with Gasteiger partial charge in [0.1, 0.15) is 17.0 Å². The fourth-order valence-electron chi connectivity index (χ4n) is 3.69. The number of thiophene rings is 2. The smallest absolute Gasteiger partial charge is 0.242 e. The van der Waals surface area contributed by atoms with Crippen LogP contribution in [0, 0.1) is 6.92 Å². The number of amides is 1. The monoisotopic (exact) mass is 420 g/mol. The van der Waals surface area contributed by atoms with Gasteiger partial charge < -0.3 is 10.2 Å². The van der Waals surface area contributed by atoms with E-state index in [4.69, 9.17) is 0 Å². The summed E-state index contributed by atoms with van der Waals surface area (Å²) in [6.45, 7) is 3.79. The molecule has 7 heteroatoms. The molecule has 0 atom stereocenters. The van der Waals surface area contributed by atoms with E-state index in [-0.39, 0.29) is 12.5 Å². The Morgan fingerprint density at radius 3 is 2.90 bits per heavy atom. The van der Waals surface area contributed by atoms with Crippen LogP contribution in [0.4, 0.5) is 5.82 Å². The highest BCUT2D eigenvalue weighted by Crippen LogP contribution is 2.36. The first-order valence-electron chi connectivity index (χ1n) is 9.55. The largest absolute Gasteiger partial charge is 0.360 e. The van der Waals surface area contributed by atoms with Crippen molar-refractivity contribution in [3.05, 3.63) is 63.4 Å². The molecule has 0 aliphatic carbocycles. The van der Waals surface area contributed by atoms with Gasteiger partial charge in [0, 0.05) is 28.9 Å². The summed E-state index contributed by atoms with van der Waals surface area (Å²) in [6.07, 6.45) is 2.50. The number of anilines is 1. The Labute approximate surface area is 177 Å². The van der Waals surface area contributed by atoms with E-state index in [1.54, 1.807) is 29.0 Å². The number of fused-ring (bicyclic) bond motifs is 2. The van der Waals surface area contributed by atoms with E-state index in [1.165, 1.54) is 16.0 Å². The number of aromatic nitrogens is 2. The SMILES string of the molecule is Cc1ccc(-c2csc3ncnc(NCC(=O)N4CCc5sccc5C4)c23)cc1. The first-order chi connectivity index (χ1) is 14.2. The van der Waals surface area contributed by atoms with E-state index < -0.39 is 0 Å². The molecule has 4 heterocycles. The number of aryl methyl sites for hydroxylation is 1. The van der Waals surface area contributed by atoms with Gasteiger partial charge in [0.25, 0.3) is 0 Å². The first-order valence-corrected chi connectivity index (χ1v) is 11.3. The molecule has 5 rings (SSSR count). The molecule has 1 amide bonds. The van der Waals surface area contributed by atoms with Crippen molar-refractivity contribution < 1.29 is 4.79 Å². The standard InChI is InChI=1S/C22H20N4OS2/c1-14-2-4-15(5-3-14)17-12-29-22-20(17)21(24-13-25-22)23-10-19(27)26-8-6-18-16(11-26)7-9-28-18/h2-5,7,9,12-13H,6,8,10-11H2,1H3,(H,23,24,25). The Balaban J connectivity index is 1.37. The van der Waals surface area contributed by atoms with Crippen molar-refractivity contribution in [2.24, 2.45) is 0 Å². The van der Waals surface area contributed by atoms with Crippen LogP contribution in [0.3, 0.4) is 0 Å². The molecular formula is C22H20N4OS2. The van der Waals surface area contributed by atoms with Gasteiger partial charge in [-0.05, 0) is 35.9 Å². The van der Waals surface area contributed by atoms with E-state index >= 15 is 0 Å². The number of hydrogen-bond donors (Lipinski definition) is 1. The molecule has 1 aliphatic rings. The molecule has 4 aromatic rings. The maximum Gasteiger partial charge on any atom is 0.242 e. The normalized spacial score (nSPS) is 13.5. The molecule has 1 aliphatic heterocycles. The second-order valence-corrected chi connectivity index (χ2v) is 9.06. The lowest BCUT2D eigenvalue weighted by atomic mass is 10.0. The van der Waals surface area contributed by atoms with E-state index in [0.717, 1.165) is 34.3 Å². The van der Waals surface area contributed by atoms with Gasteiger partial charge in [-0.2, -0.15) is 0 Å². The van der Waals surface area contributed by atoms with Gasteiger partial charge in [-0.3, -0.25) is 4.79 Å². The van der Waals surface area contributed by atoms with Crippen LogP contribution < -0.4 is 5.32 Å². The van der Waals surface area contributed by atoms with Crippen molar-refractivity contribution in [1.29, 1.82) is 0 Å². The van der Waals surface area contributed by atoms with Gasteiger partial charge in [0.15, 0.2) is 0 Å². The van der Waals surface area contributed by atoms with Crippen molar-refractivity contribution >= 4 is 44.6 Å². The highest BCUT2D eigenvalue weighted by molar-refractivity contribution is 7.17. The van der Waals surface area contributed by atoms with Crippen LogP contribution >= 0.6 is 22.7 Å². The summed E-state index contributed by atoms with van der Waals surface area (Å²) in [5, 5.41) is 8.48. The van der Waals surface area contributed by atoms with Crippen LogP contribution in [-0.4, -0.2) is 33.9 Å². The number of nitrogens with zero attached hydrogens (tertiary/aromatic N) is 3. The van der Waals surface area contributed by atoms with Gasteiger partial charge in [0.2, 0.25) is 5.91 Å². The summed E-state index contributed by atoms with van der Waals surface area (Å²) in [4.78, 5) is 25.9. The van der Waals surface area contributed by atoms with E-state index in [9.17, 15) is 4.79 Å². The Morgan fingerprint density at radius 2 is 2.03 bits per heavy atom. The topological polar surface area (TPSA) is 58.1 Å².